The summed E-state index contributed by atoms with van der Waals surface area (Å²) in [6.07, 6.45) is 6.94. The topological polar surface area (TPSA) is 75.6 Å². The molecule has 18 heavy (non-hydrogen) atoms. The van der Waals surface area contributed by atoms with Crippen molar-refractivity contribution in [3.05, 3.63) is 11.6 Å². The van der Waals surface area contributed by atoms with Crippen molar-refractivity contribution in [2.24, 2.45) is 0 Å². The first-order valence-corrected chi connectivity index (χ1v) is 6.38. The molecule has 0 fully saturated rings. The van der Waals surface area contributed by atoms with E-state index in [2.05, 4.69) is 11.4 Å². The molecule has 2 N–H and O–H groups in total. The Morgan fingerprint density at radius 3 is 2.89 bits per heavy atom. The van der Waals surface area contributed by atoms with Gasteiger partial charge in [-0.05, 0) is 39.0 Å². The standard InChI is InChI=1S/C13H21NO4/c1-10(13(16)17)18-9-12(15)14-8-7-11-5-3-2-4-6-11/h5,10H,2-4,6-9H2,1H3,(H,14,15)(H,16,17)/t10-/m0/s1. The zero-order valence-electron chi connectivity index (χ0n) is 10.8. The summed E-state index contributed by atoms with van der Waals surface area (Å²) in [5, 5.41) is 11.3. The Morgan fingerprint density at radius 1 is 1.50 bits per heavy atom. The van der Waals surface area contributed by atoms with Gasteiger partial charge in [0, 0.05) is 6.54 Å². The molecular weight excluding hydrogens is 234 g/mol. The number of hydrogen-bond donors (Lipinski definition) is 2. The number of carbonyl (C=O) groups excluding carboxylic acids is 1. The van der Waals surface area contributed by atoms with Crippen LogP contribution in [0.1, 0.15) is 39.0 Å². The third-order valence-corrected chi connectivity index (χ3v) is 2.97. The van der Waals surface area contributed by atoms with Gasteiger partial charge >= 0.3 is 5.97 Å². The third kappa shape index (κ3) is 5.82. The summed E-state index contributed by atoms with van der Waals surface area (Å²) >= 11 is 0. The molecule has 1 aliphatic rings. The second-order valence-corrected chi connectivity index (χ2v) is 4.50. The molecule has 0 spiro atoms. The number of carboxylic acids is 1. The first-order valence-electron chi connectivity index (χ1n) is 6.38. The highest BCUT2D eigenvalue weighted by molar-refractivity contribution is 5.78. The fourth-order valence-electron chi connectivity index (χ4n) is 1.82. The Labute approximate surface area is 107 Å². The van der Waals surface area contributed by atoms with E-state index in [4.69, 9.17) is 9.84 Å². The number of carbonyl (C=O) groups is 2. The van der Waals surface area contributed by atoms with E-state index in [-0.39, 0.29) is 12.5 Å². The number of carboxylic acid groups (broad SMARTS) is 1. The van der Waals surface area contributed by atoms with Crippen molar-refractivity contribution in [1.82, 2.24) is 5.32 Å². The summed E-state index contributed by atoms with van der Waals surface area (Å²) in [5.74, 6) is -1.32. The number of hydrogen-bond acceptors (Lipinski definition) is 3. The van der Waals surface area contributed by atoms with Crippen LogP contribution in [0, 0.1) is 0 Å². The molecule has 0 aliphatic heterocycles. The van der Waals surface area contributed by atoms with Gasteiger partial charge in [0.25, 0.3) is 0 Å². The normalized spacial score (nSPS) is 16.8. The molecule has 1 rings (SSSR count). The van der Waals surface area contributed by atoms with Crippen molar-refractivity contribution in [3.8, 4) is 0 Å². The summed E-state index contributed by atoms with van der Waals surface area (Å²) in [5.41, 5.74) is 1.40. The van der Waals surface area contributed by atoms with Crippen molar-refractivity contribution >= 4 is 11.9 Å². The van der Waals surface area contributed by atoms with E-state index < -0.39 is 12.1 Å². The van der Waals surface area contributed by atoms with E-state index in [1.54, 1.807) is 0 Å². The van der Waals surface area contributed by atoms with Crippen molar-refractivity contribution in [2.75, 3.05) is 13.2 Å². The van der Waals surface area contributed by atoms with Gasteiger partial charge in [0.2, 0.25) is 5.91 Å². The largest absolute Gasteiger partial charge is 0.479 e. The van der Waals surface area contributed by atoms with Crippen LogP contribution in [-0.2, 0) is 14.3 Å². The highest BCUT2D eigenvalue weighted by Crippen LogP contribution is 2.19. The molecule has 5 heteroatoms. The molecule has 0 saturated heterocycles. The molecule has 0 aromatic rings. The minimum absolute atomic E-state index is 0.202. The van der Waals surface area contributed by atoms with Crippen LogP contribution in [-0.4, -0.2) is 36.2 Å². The smallest absolute Gasteiger partial charge is 0.332 e. The molecule has 0 aromatic heterocycles. The van der Waals surface area contributed by atoms with Gasteiger partial charge in [-0.25, -0.2) is 4.79 Å². The minimum atomic E-state index is -1.06. The Kier molecular flexibility index (Phi) is 6.43. The van der Waals surface area contributed by atoms with Crippen molar-refractivity contribution in [2.45, 2.75) is 45.1 Å². The van der Waals surface area contributed by atoms with Gasteiger partial charge < -0.3 is 15.2 Å². The second-order valence-electron chi connectivity index (χ2n) is 4.50. The molecule has 0 unspecified atom stereocenters. The van der Waals surface area contributed by atoms with Gasteiger partial charge in [0.1, 0.15) is 6.61 Å². The Balaban J connectivity index is 2.09. The molecule has 1 amide bonds. The lowest BCUT2D eigenvalue weighted by molar-refractivity contribution is -0.150. The molecule has 5 nitrogen and oxygen atoms in total. The molecule has 1 atom stereocenters. The molecule has 0 aromatic carbocycles. The molecule has 0 bridgehead atoms. The molecule has 0 saturated carbocycles. The Hall–Kier alpha value is -1.36. The lowest BCUT2D eigenvalue weighted by Gasteiger charge is -2.13. The van der Waals surface area contributed by atoms with E-state index >= 15 is 0 Å². The lowest BCUT2D eigenvalue weighted by atomic mass is 9.97. The van der Waals surface area contributed by atoms with Gasteiger partial charge in [-0.3, -0.25) is 4.79 Å². The van der Waals surface area contributed by atoms with Crippen molar-refractivity contribution in [3.63, 3.8) is 0 Å². The highest BCUT2D eigenvalue weighted by Gasteiger charge is 2.13. The second kappa shape index (κ2) is 7.87. The van der Waals surface area contributed by atoms with Gasteiger partial charge in [-0.1, -0.05) is 11.6 Å². The first kappa shape index (κ1) is 14.7. The number of ether oxygens (including phenoxy) is 1. The summed E-state index contributed by atoms with van der Waals surface area (Å²) in [7, 11) is 0. The molecule has 0 heterocycles. The van der Waals surface area contributed by atoms with Crippen LogP contribution in [0.5, 0.6) is 0 Å². The van der Waals surface area contributed by atoms with Crippen LogP contribution >= 0.6 is 0 Å². The zero-order chi connectivity index (χ0) is 13.4. The van der Waals surface area contributed by atoms with Crippen LogP contribution in [0.3, 0.4) is 0 Å². The highest BCUT2D eigenvalue weighted by atomic mass is 16.5. The van der Waals surface area contributed by atoms with E-state index in [9.17, 15) is 9.59 Å². The number of aliphatic carboxylic acids is 1. The van der Waals surface area contributed by atoms with Gasteiger partial charge in [-0.2, -0.15) is 0 Å². The van der Waals surface area contributed by atoms with Crippen LogP contribution in [0.2, 0.25) is 0 Å². The predicted octanol–water partition coefficient (Wildman–Crippen LogP) is 1.48. The Bertz CT molecular complexity index is 325. The van der Waals surface area contributed by atoms with E-state index in [0.29, 0.717) is 6.54 Å². The first-order chi connectivity index (χ1) is 8.59. The lowest BCUT2D eigenvalue weighted by Crippen LogP contribution is -2.32. The van der Waals surface area contributed by atoms with E-state index in [0.717, 1.165) is 19.3 Å². The number of allylic oxidation sites excluding steroid dienone is 1. The molecule has 0 radical (unpaired) electrons. The monoisotopic (exact) mass is 255 g/mol. The minimum Gasteiger partial charge on any atom is -0.479 e. The summed E-state index contributed by atoms with van der Waals surface area (Å²) in [6.45, 7) is 1.80. The van der Waals surface area contributed by atoms with Gasteiger partial charge in [0.05, 0.1) is 0 Å². The maximum Gasteiger partial charge on any atom is 0.332 e. The third-order valence-electron chi connectivity index (χ3n) is 2.97. The zero-order valence-corrected chi connectivity index (χ0v) is 10.8. The predicted molar refractivity (Wildman–Crippen MR) is 67.2 cm³/mol. The Morgan fingerprint density at radius 2 is 2.28 bits per heavy atom. The number of nitrogens with one attached hydrogen (secondary N) is 1. The van der Waals surface area contributed by atoms with Crippen LogP contribution in [0.15, 0.2) is 11.6 Å². The summed E-state index contributed by atoms with van der Waals surface area (Å²) in [6, 6.07) is 0. The average molecular weight is 255 g/mol. The molecule has 1 aliphatic carbocycles. The van der Waals surface area contributed by atoms with Crippen molar-refractivity contribution < 1.29 is 19.4 Å². The molecule has 102 valence electrons. The quantitative estimate of drug-likeness (QED) is 0.676. The average Bonchev–Trinajstić information content (AvgIpc) is 2.37. The van der Waals surface area contributed by atoms with Crippen LogP contribution in [0.25, 0.3) is 0 Å². The maximum absolute atomic E-state index is 11.4. The van der Waals surface area contributed by atoms with Crippen LogP contribution in [0.4, 0.5) is 0 Å². The summed E-state index contributed by atoms with van der Waals surface area (Å²) in [4.78, 5) is 21.8. The van der Waals surface area contributed by atoms with E-state index in [1.165, 1.54) is 25.3 Å². The van der Waals surface area contributed by atoms with E-state index in [1.807, 2.05) is 0 Å². The maximum atomic E-state index is 11.4. The SMILES string of the molecule is C[C@H](OCC(=O)NCCC1=CCCCC1)C(=O)O. The molecular formula is C13H21NO4. The van der Waals surface area contributed by atoms with Gasteiger partial charge in [0.15, 0.2) is 6.10 Å². The van der Waals surface area contributed by atoms with Gasteiger partial charge in [-0.15, -0.1) is 0 Å². The van der Waals surface area contributed by atoms with Crippen molar-refractivity contribution in [1.29, 1.82) is 0 Å². The van der Waals surface area contributed by atoms with Crippen LogP contribution < -0.4 is 5.32 Å². The fourth-order valence-corrected chi connectivity index (χ4v) is 1.82. The summed E-state index contributed by atoms with van der Waals surface area (Å²) < 4.78 is 4.88. The number of amides is 1. The fraction of sp³-hybridized carbons (Fsp3) is 0.692. The number of rotatable bonds is 7.